The fourth-order valence-corrected chi connectivity index (χ4v) is 3.73. The van der Waals surface area contributed by atoms with Gasteiger partial charge in [0.25, 0.3) is 5.88 Å². The minimum Gasteiger partial charge on any atom is -0.472 e. The summed E-state index contributed by atoms with van der Waals surface area (Å²) >= 11 is 0. The van der Waals surface area contributed by atoms with E-state index in [0.29, 0.717) is 36.2 Å². The number of aromatic nitrogens is 3. The first kappa shape index (κ1) is 20.3. The fourth-order valence-electron chi connectivity index (χ4n) is 3.73. The Labute approximate surface area is 182 Å². The van der Waals surface area contributed by atoms with Crippen LogP contribution in [0.3, 0.4) is 0 Å². The smallest absolute Gasteiger partial charge is 0.407 e. The number of morpholine rings is 1. The molecule has 3 aromatic heterocycles. The molecule has 2 fully saturated rings. The van der Waals surface area contributed by atoms with Gasteiger partial charge in [0.15, 0.2) is 5.82 Å². The Hall–Kier alpha value is -3.60. The van der Waals surface area contributed by atoms with E-state index in [9.17, 15) is 14.7 Å². The lowest BCUT2D eigenvalue weighted by molar-refractivity contribution is -0.117. The van der Waals surface area contributed by atoms with Crippen LogP contribution < -0.4 is 10.1 Å². The van der Waals surface area contributed by atoms with Gasteiger partial charge in [-0.1, -0.05) is 0 Å². The van der Waals surface area contributed by atoms with Gasteiger partial charge in [-0.15, -0.1) is 0 Å². The molecule has 3 aromatic rings. The van der Waals surface area contributed by atoms with Crippen molar-refractivity contribution in [1.82, 2.24) is 19.7 Å². The molecule has 11 heteroatoms. The van der Waals surface area contributed by atoms with Crippen LogP contribution in [-0.4, -0.2) is 69.2 Å². The Morgan fingerprint density at radius 1 is 1.34 bits per heavy atom. The van der Waals surface area contributed by atoms with Gasteiger partial charge in [0, 0.05) is 24.7 Å². The average molecular weight is 441 g/mol. The van der Waals surface area contributed by atoms with Crippen LogP contribution in [0.2, 0.25) is 0 Å². The lowest BCUT2D eigenvalue weighted by Crippen LogP contribution is -2.47. The third-order valence-electron chi connectivity index (χ3n) is 5.60. The molecule has 168 valence electrons. The fraction of sp³-hybridized carbons (Fsp3) is 0.429. The molecule has 1 atom stereocenters. The largest absolute Gasteiger partial charge is 0.472 e. The first-order valence-corrected chi connectivity index (χ1v) is 10.5. The van der Waals surface area contributed by atoms with E-state index in [0.717, 1.165) is 23.9 Å². The quantitative estimate of drug-likeness (QED) is 0.596. The summed E-state index contributed by atoms with van der Waals surface area (Å²) in [5.74, 6) is 1.51. The second-order valence-corrected chi connectivity index (χ2v) is 8.03. The number of hydrogen-bond donors (Lipinski definition) is 2. The average Bonchev–Trinajstić information content (AvgIpc) is 3.46. The van der Waals surface area contributed by atoms with Gasteiger partial charge in [-0.25, -0.2) is 9.31 Å². The van der Waals surface area contributed by atoms with E-state index in [1.807, 2.05) is 18.2 Å². The van der Waals surface area contributed by atoms with Gasteiger partial charge in [0.05, 0.1) is 24.2 Å². The van der Waals surface area contributed by atoms with Gasteiger partial charge in [-0.05, 0) is 42.6 Å². The number of amides is 2. The van der Waals surface area contributed by atoms with E-state index in [-0.39, 0.29) is 31.1 Å². The Bertz CT molecular complexity index is 1170. The molecule has 1 aliphatic heterocycles. The maximum atomic E-state index is 12.0. The number of carboxylic acid groups (broad SMARTS) is 1. The highest BCUT2D eigenvalue weighted by Gasteiger charge is 2.30. The first-order valence-electron chi connectivity index (χ1n) is 10.5. The minimum atomic E-state index is -0.974. The molecule has 1 saturated heterocycles. The molecule has 0 unspecified atom stereocenters. The number of aryl methyl sites for hydroxylation is 1. The number of fused-ring (bicyclic) bond motifs is 1. The predicted molar refractivity (Wildman–Crippen MR) is 112 cm³/mol. The number of anilines is 1. The standard InChI is InChI=1S/C21H23N5O6/c1-12-18(20(24-32-12)31-11-16-10-25(21(28)29)6-7-30-16)14-4-5-26-15(8-14)9-17(23-26)22-19(27)13-2-3-13/h4-5,8-9,13,16H,2-3,6-7,10-11H2,1H3,(H,28,29)(H,22,23,27)/t16-/m0/s1. The number of pyridine rings is 1. The van der Waals surface area contributed by atoms with Crippen molar-refractivity contribution in [3.05, 3.63) is 30.2 Å². The molecule has 4 heterocycles. The van der Waals surface area contributed by atoms with Crippen LogP contribution in [-0.2, 0) is 9.53 Å². The summed E-state index contributed by atoms with van der Waals surface area (Å²) in [4.78, 5) is 24.5. The Balaban J connectivity index is 1.32. The summed E-state index contributed by atoms with van der Waals surface area (Å²) in [7, 11) is 0. The van der Waals surface area contributed by atoms with E-state index in [1.54, 1.807) is 17.6 Å². The summed E-state index contributed by atoms with van der Waals surface area (Å²) in [5.41, 5.74) is 2.32. The first-order chi connectivity index (χ1) is 15.5. The van der Waals surface area contributed by atoms with Crippen LogP contribution in [0, 0.1) is 12.8 Å². The molecular weight excluding hydrogens is 418 g/mol. The maximum absolute atomic E-state index is 12.0. The topological polar surface area (TPSA) is 131 Å². The molecule has 0 aromatic carbocycles. The highest BCUT2D eigenvalue weighted by molar-refractivity contribution is 5.93. The third kappa shape index (κ3) is 4.11. The van der Waals surface area contributed by atoms with Crippen molar-refractivity contribution in [2.45, 2.75) is 25.9 Å². The molecule has 5 rings (SSSR count). The van der Waals surface area contributed by atoms with Crippen LogP contribution in [0.25, 0.3) is 16.6 Å². The molecule has 2 aliphatic rings. The molecule has 1 saturated carbocycles. The number of nitrogens with zero attached hydrogens (tertiary/aromatic N) is 4. The summed E-state index contributed by atoms with van der Waals surface area (Å²) in [6.45, 7) is 2.84. The van der Waals surface area contributed by atoms with E-state index < -0.39 is 6.09 Å². The Morgan fingerprint density at radius 2 is 2.19 bits per heavy atom. The van der Waals surface area contributed by atoms with E-state index in [4.69, 9.17) is 14.0 Å². The van der Waals surface area contributed by atoms with Crippen molar-refractivity contribution in [2.75, 3.05) is 31.6 Å². The van der Waals surface area contributed by atoms with Crippen LogP contribution in [0.5, 0.6) is 5.88 Å². The number of hydrogen-bond acceptors (Lipinski definition) is 7. The van der Waals surface area contributed by atoms with Crippen molar-refractivity contribution in [3.8, 4) is 17.0 Å². The predicted octanol–water partition coefficient (Wildman–Crippen LogP) is 2.40. The van der Waals surface area contributed by atoms with Crippen LogP contribution >= 0.6 is 0 Å². The zero-order valence-electron chi connectivity index (χ0n) is 17.5. The van der Waals surface area contributed by atoms with Crippen molar-refractivity contribution < 1.29 is 28.7 Å². The normalized spacial score (nSPS) is 18.7. The van der Waals surface area contributed by atoms with Gasteiger partial charge >= 0.3 is 6.09 Å². The van der Waals surface area contributed by atoms with Gasteiger partial charge in [-0.2, -0.15) is 5.10 Å². The number of carbonyl (C=O) groups is 2. The summed E-state index contributed by atoms with van der Waals surface area (Å²) in [6, 6.07) is 5.58. The second kappa shape index (κ2) is 8.15. The molecule has 32 heavy (non-hydrogen) atoms. The SMILES string of the molecule is Cc1onc(OC[C@@H]2CN(C(=O)O)CCO2)c1-c1ccn2nc(NC(=O)C3CC3)cc2c1. The third-order valence-corrected chi connectivity index (χ3v) is 5.60. The monoisotopic (exact) mass is 441 g/mol. The number of ether oxygens (including phenoxy) is 2. The van der Waals surface area contributed by atoms with Crippen molar-refractivity contribution in [2.24, 2.45) is 5.92 Å². The molecule has 2 N–H and O–H groups in total. The van der Waals surface area contributed by atoms with E-state index >= 15 is 0 Å². The number of nitrogens with one attached hydrogen (secondary N) is 1. The van der Waals surface area contributed by atoms with Crippen molar-refractivity contribution in [1.29, 1.82) is 0 Å². The number of carbonyl (C=O) groups excluding carboxylic acids is 1. The molecule has 11 nitrogen and oxygen atoms in total. The highest BCUT2D eigenvalue weighted by Crippen LogP contribution is 2.34. The van der Waals surface area contributed by atoms with Crippen molar-refractivity contribution in [3.63, 3.8) is 0 Å². The highest BCUT2D eigenvalue weighted by atomic mass is 16.6. The van der Waals surface area contributed by atoms with Gasteiger partial charge in [0.2, 0.25) is 5.91 Å². The Morgan fingerprint density at radius 3 is 2.97 bits per heavy atom. The zero-order valence-corrected chi connectivity index (χ0v) is 17.5. The van der Waals surface area contributed by atoms with E-state index in [2.05, 4.69) is 15.6 Å². The Kier molecular flexibility index (Phi) is 5.17. The summed E-state index contributed by atoms with van der Waals surface area (Å²) < 4.78 is 18.5. The summed E-state index contributed by atoms with van der Waals surface area (Å²) in [6.07, 6.45) is 2.29. The van der Waals surface area contributed by atoms with Gasteiger partial charge < -0.3 is 29.3 Å². The van der Waals surface area contributed by atoms with Crippen LogP contribution in [0.1, 0.15) is 18.6 Å². The minimum absolute atomic E-state index is 0.00518. The van der Waals surface area contributed by atoms with Crippen molar-refractivity contribution >= 4 is 23.3 Å². The summed E-state index contributed by atoms with van der Waals surface area (Å²) in [5, 5.41) is 20.4. The zero-order chi connectivity index (χ0) is 22.2. The molecular formula is C21H23N5O6. The second-order valence-electron chi connectivity index (χ2n) is 8.03. The lowest BCUT2D eigenvalue weighted by atomic mass is 10.1. The molecule has 0 spiro atoms. The van der Waals surface area contributed by atoms with Crippen LogP contribution in [0.4, 0.5) is 10.6 Å². The molecule has 2 amide bonds. The van der Waals surface area contributed by atoms with Crippen LogP contribution in [0.15, 0.2) is 28.9 Å². The number of rotatable bonds is 6. The lowest BCUT2D eigenvalue weighted by Gasteiger charge is -2.30. The maximum Gasteiger partial charge on any atom is 0.407 e. The van der Waals surface area contributed by atoms with Gasteiger partial charge in [0.1, 0.15) is 18.5 Å². The molecule has 1 aliphatic carbocycles. The van der Waals surface area contributed by atoms with Gasteiger partial charge in [-0.3, -0.25) is 4.79 Å². The molecule has 0 bridgehead atoms. The van der Waals surface area contributed by atoms with E-state index in [1.165, 1.54) is 4.90 Å². The molecule has 0 radical (unpaired) electrons.